The zero-order valence-electron chi connectivity index (χ0n) is 17.7. The first kappa shape index (κ1) is 20.8. The number of aromatic nitrogens is 1. The minimum Gasteiger partial charge on any atom is -0.494 e. The van der Waals surface area contributed by atoms with E-state index in [-0.39, 0.29) is 17.8 Å². The van der Waals surface area contributed by atoms with Gasteiger partial charge in [-0.3, -0.25) is 4.79 Å². The van der Waals surface area contributed by atoms with Gasteiger partial charge in [-0.1, -0.05) is 12.1 Å². The number of H-pyrrole nitrogens is 1. The molecule has 4 rings (SSSR count). The first-order valence-corrected chi connectivity index (χ1v) is 11.5. The molecule has 2 N–H and O–H groups in total. The third kappa shape index (κ3) is 3.48. The lowest BCUT2D eigenvalue weighted by molar-refractivity contribution is -0.130. The molecule has 1 aliphatic heterocycles. The van der Waals surface area contributed by atoms with E-state index in [0.29, 0.717) is 26.1 Å². The van der Waals surface area contributed by atoms with Crippen molar-refractivity contribution in [2.45, 2.75) is 37.3 Å². The Morgan fingerprint density at radius 3 is 2.70 bits per heavy atom. The highest BCUT2D eigenvalue weighted by Gasteiger charge is 2.36. The molecule has 2 aromatic carbocycles. The van der Waals surface area contributed by atoms with Crippen molar-refractivity contribution in [2.75, 3.05) is 26.3 Å². The van der Waals surface area contributed by atoms with Gasteiger partial charge in [-0.15, -0.1) is 11.8 Å². The number of likely N-dealkylation sites (N-methyl/N-ethyl adjacent to an activating group) is 1. The number of ether oxygens (including phenoxy) is 1. The van der Waals surface area contributed by atoms with E-state index in [9.17, 15) is 9.90 Å². The van der Waals surface area contributed by atoms with E-state index in [0.717, 1.165) is 43.9 Å². The smallest absolute Gasteiger partial charge is 0.240 e. The van der Waals surface area contributed by atoms with Crippen LogP contribution in [0, 0.1) is 0 Å². The lowest BCUT2D eigenvalue weighted by Gasteiger charge is -2.30. The number of carbonyl (C=O) groups excluding carboxylic acids is 1. The van der Waals surface area contributed by atoms with Gasteiger partial charge in [0.25, 0.3) is 0 Å². The zero-order valence-corrected chi connectivity index (χ0v) is 18.5. The topological polar surface area (TPSA) is 65.6 Å². The molecule has 0 radical (unpaired) electrons. The van der Waals surface area contributed by atoms with Crippen LogP contribution < -0.4 is 4.74 Å². The van der Waals surface area contributed by atoms with Crippen molar-refractivity contribution in [1.82, 2.24) is 9.88 Å². The molecule has 0 saturated carbocycles. The Hall–Kier alpha value is -2.44. The molecule has 0 aliphatic carbocycles. The number of nitrogens with zero attached hydrogens (tertiary/aromatic N) is 1. The standard InChI is InChI=1S/C24H28N2O3S/c1-4-26(5-2)24(28)23-21-17-14-16(29-6-3)10-11-18(17)25-22(21)20-15(12-13-27)8-7-9-19(20)30-23/h7-11,14,23,25,27H,4-6,12-13H2,1-3H3. The average Bonchev–Trinajstić information content (AvgIpc) is 3.13. The number of fused-ring (bicyclic) bond motifs is 5. The number of aliphatic hydroxyl groups is 1. The van der Waals surface area contributed by atoms with Gasteiger partial charge in [0.1, 0.15) is 11.0 Å². The fourth-order valence-corrected chi connectivity index (χ4v) is 5.64. The van der Waals surface area contributed by atoms with Crippen LogP contribution in [-0.4, -0.2) is 47.2 Å². The maximum absolute atomic E-state index is 13.5. The number of carbonyl (C=O) groups is 1. The van der Waals surface area contributed by atoms with Crippen molar-refractivity contribution in [2.24, 2.45) is 0 Å². The molecule has 158 valence electrons. The van der Waals surface area contributed by atoms with Crippen molar-refractivity contribution in [3.8, 4) is 17.0 Å². The third-order valence-corrected chi connectivity index (χ3v) is 6.94. The highest BCUT2D eigenvalue weighted by Crippen LogP contribution is 2.53. The molecule has 1 aliphatic rings. The molecular weight excluding hydrogens is 396 g/mol. The van der Waals surface area contributed by atoms with E-state index in [1.807, 2.05) is 49.9 Å². The van der Waals surface area contributed by atoms with Crippen molar-refractivity contribution in [3.63, 3.8) is 0 Å². The predicted molar refractivity (Wildman–Crippen MR) is 122 cm³/mol. The van der Waals surface area contributed by atoms with Gasteiger partial charge >= 0.3 is 0 Å². The van der Waals surface area contributed by atoms with E-state index < -0.39 is 0 Å². The van der Waals surface area contributed by atoms with E-state index in [1.165, 1.54) is 0 Å². The number of hydrogen-bond acceptors (Lipinski definition) is 4. The minimum atomic E-state index is -0.317. The van der Waals surface area contributed by atoms with E-state index >= 15 is 0 Å². The molecule has 0 spiro atoms. The van der Waals surface area contributed by atoms with Gasteiger partial charge in [-0.05, 0) is 57.0 Å². The molecular formula is C24H28N2O3S. The normalized spacial score (nSPS) is 15.0. The number of aromatic amines is 1. The Morgan fingerprint density at radius 1 is 1.20 bits per heavy atom. The van der Waals surface area contributed by atoms with Crippen LogP contribution in [0.1, 0.15) is 37.1 Å². The van der Waals surface area contributed by atoms with E-state index in [1.54, 1.807) is 11.8 Å². The molecule has 0 bridgehead atoms. The molecule has 5 nitrogen and oxygen atoms in total. The molecule has 1 aromatic heterocycles. The molecule has 6 heteroatoms. The summed E-state index contributed by atoms with van der Waals surface area (Å²) >= 11 is 1.61. The highest BCUT2D eigenvalue weighted by atomic mass is 32.2. The van der Waals surface area contributed by atoms with Gasteiger partial charge in [0.2, 0.25) is 5.91 Å². The summed E-state index contributed by atoms with van der Waals surface area (Å²) in [5.41, 5.74) is 5.19. The van der Waals surface area contributed by atoms with Crippen LogP contribution in [0.4, 0.5) is 0 Å². The number of benzene rings is 2. The van der Waals surface area contributed by atoms with Crippen LogP contribution in [0.15, 0.2) is 41.3 Å². The van der Waals surface area contributed by atoms with Crippen molar-refractivity contribution in [3.05, 3.63) is 47.5 Å². The number of nitrogens with one attached hydrogen (secondary N) is 1. The highest BCUT2D eigenvalue weighted by molar-refractivity contribution is 8.00. The summed E-state index contributed by atoms with van der Waals surface area (Å²) in [6, 6.07) is 12.2. The van der Waals surface area contributed by atoms with Crippen molar-refractivity contribution >= 4 is 28.6 Å². The fraction of sp³-hybridized carbons (Fsp3) is 0.375. The van der Waals surface area contributed by atoms with Crippen LogP contribution in [0.5, 0.6) is 5.75 Å². The summed E-state index contributed by atoms with van der Waals surface area (Å²) in [4.78, 5) is 20.1. The van der Waals surface area contributed by atoms with Crippen LogP contribution >= 0.6 is 11.8 Å². The summed E-state index contributed by atoms with van der Waals surface area (Å²) < 4.78 is 5.74. The Kier molecular flexibility index (Phi) is 6.06. The fourth-order valence-electron chi connectivity index (χ4n) is 4.27. The quantitative estimate of drug-likeness (QED) is 0.573. The first-order valence-electron chi connectivity index (χ1n) is 10.6. The molecule has 1 amide bonds. The van der Waals surface area contributed by atoms with Crippen molar-refractivity contribution < 1.29 is 14.6 Å². The van der Waals surface area contributed by atoms with E-state index in [2.05, 4.69) is 17.1 Å². The molecule has 0 fully saturated rings. The number of thioether (sulfide) groups is 1. The molecule has 0 saturated heterocycles. The average molecular weight is 425 g/mol. The second-order valence-electron chi connectivity index (χ2n) is 7.33. The lowest BCUT2D eigenvalue weighted by atomic mass is 9.95. The van der Waals surface area contributed by atoms with Crippen molar-refractivity contribution in [1.29, 1.82) is 0 Å². The molecule has 3 aromatic rings. The van der Waals surface area contributed by atoms with Gasteiger partial charge in [0.15, 0.2) is 0 Å². The Bertz CT molecular complexity index is 1070. The number of rotatable bonds is 7. The van der Waals surface area contributed by atoms with Gasteiger partial charge in [-0.2, -0.15) is 0 Å². The number of hydrogen-bond donors (Lipinski definition) is 2. The summed E-state index contributed by atoms with van der Waals surface area (Å²) in [6.07, 6.45) is 0.581. The maximum atomic E-state index is 13.5. The first-order chi connectivity index (χ1) is 14.6. The predicted octanol–water partition coefficient (Wildman–Crippen LogP) is 4.78. The minimum absolute atomic E-state index is 0.0903. The number of aliphatic hydroxyl groups excluding tert-OH is 1. The van der Waals surface area contributed by atoms with Crippen LogP contribution in [0.3, 0.4) is 0 Å². The van der Waals surface area contributed by atoms with Gasteiger partial charge in [0, 0.05) is 46.6 Å². The van der Waals surface area contributed by atoms with Gasteiger partial charge in [-0.25, -0.2) is 0 Å². The van der Waals surface area contributed by atoms with E-state index in [4.69, 9.17) is 4.74 Å². The third-order valence-electron chi connectivity index (χ3n) is 5.67. The largest absolute Gasteiger partial charge is 0.494 e. The second kappa shape index (κ2) is 8.74. The SMILES string of the molecule is CCOc1ccc2[nH]c3c(c2c1)C(C(=O)N(CC)CC)Sc1cccc(CCO)c1-3. The lowest BCUT2D eigenvalue weighted by Crippen LogP contribution is -2.34. The molecule has 30 heavy (non-hydrogen) atoms. The van der Waals surface area contributed by atoms with Gasteiger partial charge < -0.3 is 19.7 Å². The summed E-state index contributed by atoms with van der Waals surface area (Å²) in [5.74, 6) is 0.937. The van der Waals surface area contributed by atoms with Gasteiger partial charge in [0.05, 0.1) is 12.3 Å². The molecule has 2 heterocycles. The van der Waals surface area contributed by atoms with Crippen LogP contribution in [0.2, 0.25) is 0 Å². The molecule has 1 unspecified atom stereocenters. The molecule has 1 atom stereocenters. The monoisotopic (exact) mass is 424 g/mol. The summed E-state index contributed by atoms with van der Waals surface area (Å²) in [5, 5.41) is 10.3. The Labute approximate surface area is 181 Å². The number of amides is 1. The summed E-state index contributed by atoms with van der Waals surface area (Å²) in [7, 11) is 0. The Balaban J connectivity index is 1.96. The maximum Gasteiger partial charge on any atom is 0.240 e. The summed E-state index contributed by atoms with van der Waals surface area (Å²) in [6.45, 7) is 8.07. The second-order valence-corrected chi connectivity index (χ2v) is 8.47. The van der Waals surface area contributed by atoms with Crippen LogP contribution in [-0.2, 0) is 11.2 Å². The Morgan fingerprint density at radius 2 is 2.00 bits per heavy atom. The zero-order chi connectivity index (χ0) is 21.3. The van der Waals surface area contributed by atoms with Crippen LogP contribution in [0.25, 0.3) is 22.2 Å².